The molecule has 9 nitrogen and oxygen atoms in total. The second-order valence-electron chi connectivity index (χ2n) is 13.9. The van der Waals surface area contributed by atoms with Crippen molar-refractivity contribution in [2.75, 3.05) is 26.4 Å². The molecule has 49 heavy (non-hydrogen) atoms. The SMILES string of the molecule is CCCCCCCCCCCCCCCCCC(=O)O[C@@H](COC(=O)CCCCCCCCCCCCCCC)COP(=O)(O)OCCN. The number of unbranched alkanes of at least 4 members (excludes halogenated alkanes) is 26. The lowest BCUT2D eigenvalue weighted by Crippen LogP contribution is -2.29. The number of carbonyl (C=O) groups is 2. The van der Waals surface area contributed by atoms with E-state index in [2.05, 4.69) is 13.8 Å². The number of esters is 2. The van der Waals surface area contributed by atoms with E-state index >= 15 is 0 Å². The number of rotatable bonds is 39. The third-order valence-electron chi connectivity index (χ3n) is 8.99. The van der Waals surface area contributed by atoms with Gasteiger partial charge in [-0.05, 0) is 12.8 Å². The molecule has 0 spiro atoms. The van der Waals surface area contributed by atoms with Crippen molar-refractivity contribution in [2.45, 2.75) is 213 Å². The number of ether oxygens (including phenoxy) is 2. The molecule has 0 saturated heterocycles. The minimum Gasteiger partial charge on any atom is -0.462 e. The first-order valence-electron chi connectivity index (χ1n) is 20.5. The van der Waals surface area contributed by atoms with Crippen LogP contribution in [0.15, 0.2) is 0 Å². The van der Waals surface area contributed by atoms with Gasteiger partial charge in [0.25, 0.3) is 0 Å². The summed E-state index contributed by atoms with van der Waals surface area (Å²) in [7, 11) is -4.36. The molecule has 2 atom stereocenters. The molecule has 0 bridgehead atoms. The predicted molar refractivity (Wildman–Crippen MR) is 201 cm³/mol. The van der Waals surface area contributed by atoms with E-state index in [0.717, 1.165) is 32.1 Å². The molecule has 0 aliphatic heterocycles. The van der Waals surface area contributed by atoms with E-state index in [9.17, 15) is 19.0 Å². The van der Waals surface area contributed by atoms with E-state index in [0.29, 0.717) is 6.42 Å². The Morgan fingerprint density at radius 3 is 1.24 bits per heavy atom. The van der Waals surface area contributed by atoms with Crippen LogP contribution in [0.2, 0.25) is 0 Å². The Kier molecular flexibility index (Phi) is 36.0. The second-order valence-corrected chi connectivity index (χ2v) is 15.3. The summed E-state index contributed by atoms with van der Waals surface area (Å²) in [5.74, 6) is -0.815. The summed E-state index contributed by atoms with van der Waals surface area (Å²) in [6, 6.07) is 0. The van der Waals surface area contributed by atoms with Crippen molar-refractivity contribution < 1.29 is 37.6 Å². The van der Waals surface area contributed by atoms with E-state index in [4.69, 9.17) is 24.3 Å². The topological polar surface area (TPSA) is 134 Å². The number of carbonyl (C=O) groups excluding carboxylic acids is 2. The van der Waals surface area contributed by atoms with Gasteiger partial charge in [-0.25, -0.2) is 4.57 Å². The smallest absolute Gasteiger partial charge is 0.462 e. The van der Waals surface area contributed by atoms with Gasteiger partial charge in [0.05, 0.1) is 13.2 Å². The first-order chi connectivity index (χ1) is 23.8. The molecule has 0 aromatic rings. The van der Waals surface area contributed by atoms with Crippen molar-refractivity contribution >= 4 is 19.8 Å². The molecule has 0 heterocycles. The Hall–Kier alpha value is -0.990. The molecule has 0 aromatic carbocycles. The molecule has 0 radical (unpaired) electrons. The molecule has 0 saturated carbocycles. The predicted octanol–water partition coefficient (Wildman–Crippen LogP) is 11.3. The van der Waals surface area contributed by atoms with Gasteiger partial charge in [0.15, 0.2) is 6.10 Å². The Morgan fingerprint density at radius 2 is 0.878 bits per heavy atom. The zero-order valence-corrected chi connectivity index (χ0v) is 32.8. The molecule has 0 rings (SSSR count). The molecular weight excluding hydrogens is 641 g/mol. The lowest BCUT2D eigenvalue weighted by atomic mass is 10.0. The van der Waals surface area contributed by atoms with Crippen molar-refractivity contribution in [1.82, 2.24) is 0 Å². The van der Waals surface area contributed by atoms with Crippen LogP contribution in [0.1, 0.15) is 206 Å². The van der Waals surface area contributed by atoms with Gasteiger partial charge >= 0.3 is 19.8 Å². The summed E-state index contributed by atoms with van der Waals surface area (Å²) in [5, 5.41) is 0. The van der Waals surface area contributed by atoms with Gasteiger partial charge in [-0.15, -0.1) is 0 Å². The quantitative estimate of drug-likeness (QED) is 0.0361. The zero-order chi connectivity index (χ0) is 36.1. The Morgan fingerprint density at radius 1 is 0.531 bits per heavy atom. The van der Waals surface area contributed by atoms with Crippen LogP contribution in [0.3, 0.4) is 0 Å². The first kappa shape index (κ1) is 48.0. The van der Waals surface area contributed by atoms with E-state index in [1.807, 2.05) is 0 Å². The monoisotopic (exact) mass is 720 g/mol. The van der Waals surface area contributed by atoms with E-state index in [1.54, 1.807) is 0 Å². The maximum atomic E-state index is 12.5. The molecule has 0 amide bonds. The van der Waals surface area contributed by atoms with Crippen molar-refractivity contribution in [3.05, 3.63) is 0 Å². The van der Waals surface area contributed by atoms with Crippen molar-refractivity contribution in [2.24, 2.45) is 5.73 Å². The number of hydrogen-bond acceptors (Lipinski definition) is 8. The largest absolute Gasteiger partial charge is 0.472 e. The molecule has 1 unspecified atom stereocenters. The lowest BCUT2D eigenvalue weighted by Gasteiger charge is -2.19. The highest BCUT2D eigenvalue weighted by molar-refractivity contribution is 7.47. The Bertz CT molecular complexity index is 784. The molecule has 292 valence electrons. The number of hydrogen-bond donors (Lipinski definition) is 2. The third-order valence-corrected chi connectivity index (χ3v) is 9.98. The van der Waals surface area contributed by atoms with Crippen LogP contribution in [0.4, 0.5) is 0 Å². The van der Waals surface area contributed by atoms with Crippen molar-refractivity contribution in [3.63, 3.8) is 0 Å². The molecule has 3 N–H and O–H groups in total. The van der Waals surface area contributed by atoms with Crippen molar-refractivity contribution in [3.8, 4) is 0 Å². The molecule has 0 aliphatic carbocycles. The molecule has 0 fully saturated rings. The van der Waals surface area contributed by atoms with Gasteiger partial charge < -0.3 is 20.1 Å². The van der Waals surface area contributed by atoms with Gasteiger partial charge in [-0.2, -0.15) is 0 Å². The van der Waals surface area contributed by atoms with Crippen LogP contribution in [0.5, 0.6) is 0 Å². The molecular formula is C39H78NO8P. The average Bonchev–Trinajstić information content (AvgIpc) is 3.08. The average molecular weight is 720 g/mol. The molecule has 10 heteroatoms. The van der Waals surface area contributed by atoms with Gasteiger partial charge in [-0.1, -0.05) is 181 Å². The summed E-state index contributed by atoms with van der Waals surface area (Å²) in [6.45, 7) is 3.76. The standard InChI is InChI=1S/C39H78NO8P/c1-3-5-7-9-11-13-15-17-18-20-22-24-26-28-30-32-39(42)48-37(36-47-49(43,44)46-34-33-40)35-45-38(41)31-29-27-25-23-21-19-16-14-12-10-8-6-4-2/h37H,3-36,40H2,1-2H3,(H,43,44)/t37-/m0/s1. The third kappa shape index (κ3) is 36.6. The van der Waals surface area contributed by atoms with Crippen LogP contribution >= 0.6 is 7.82 Å². The Labute approximate surface area is 301 Å². The van der Waals surface area contributed by atoms with Gasteiger partial charge in [-0.3, -0.25) is 18.6 Å². The highest BCUT2D eigenvalue weighted by atomic mass is 31.2. The lowest BCUT2D eigenvalue weighted by molar-refractivity contribution is -0.161. The van der Waals surface area contributed by atoms with E-state index in [1.165, 1.54) is 141 Å². The fraction of sp³-hybridized carbons (Fsp3) is 0.949. The zero-order valence-electron chi connectivity index (χ0n) is 31.9. The van der Waals surface area contributed by atoms with Crippen LogP contribution < -0.4 is 5.73 Å². The fourth-order valence-corrected chi connectivity index (χ4v) is 6.69. The van der Waals surface area contributed by atoms with E-state index in [-0.39, 0.29) is 38.6 Å². The van der Waals surface area contributed by atoms with Gasteiger partial charge in [0.1, 0.15) is 6.61 Å². The van der Waals surface area contributed by atoms with Crippen LogP contribution in [-0.2, 0) is 32.7 Å². The van der Waals surface area contributed by atoms with E-state index < -0.39 is 26.5 Å². The minimum absolute atomic E-state index is 0.0579. The number of phosphoric acid groups is 1. The summed E-state index contributed by atoms with van der Waals surface area (Å²) >= 11 is 0. The van der Waals surface area contributed by atoms with Crippen molar-refractivity contribution in [1.29, 1.82) is 0 Å². The Balaban J connectivity index is 4.14. The maximum absolute atomic E-state index is 12.5. The normalized spacial score (nSPS) is 13.3. The maximum Gasteiger partial charge on any atom is 0.472 e. The summed E-state index contributed by atoms with van der Waals surface area (Å²) in [6.07, 6.45) is 34.1. The number of nitrogens with two attached hydrogens (primary N) is 1. The highest BCUT2D eigenvalue weighted by Crippen LogP contribution is 2.43. The van der Waals surface area contributed by atoms with Gasteiger partial charge in [0.2, 0.25) is 0 Å². The summed E-state index contributed by atoms with van der Waals surface area (Å²) < 4.78 is 32.7. The minimum atomic E-state index is -4.36. The summed E-state index contributed by atoms with van der Waals surface area (Å²) in [5.41, 5.74) is 5.34. The molecule has 0 aromatic heterocycles. The summed E-state index contributed by atoms with van der Waals surface area (Å²) in [4.78, 5) is 34.8. The first-order valence-corrected chi connectivity index (χ1v) is 22.0. The van der Waals surface area contributed by atoms with Crippen LogP contribution in [-0.4, -0.2) is 49.3 Å². The van der Waals surface area contributed by atoms with Gasteiger partial charge in [0, 0.05) is 19.4 Å². The molecule has 0 aliphatic rings. The van der Waals surface area contributed by atoms with Crippen LogP contribution in [0, 0.1) is 0 Å². The second kappa shape index (κ2) is 36.8. The highest BCUT2D eigenvalue weighted by Gasteiger charge is 2.26. The van der Waals surface area contributed by atoms with Crippen LogP contribution in [0.25, 0.3) is 0 Å². The fourth-order valence-electron chi connectivity index (χ4n) is 5.93. The number of phosphoric ester groups is 1.